The Kier molecular flexibility index (Phi) is 4.60. The van der Waals surface area contributed by atoms with Crippen molar-refractivity contribution >= 4 is 6.03 Å². The van der Waals surface area contributed by atoms with E-state index in [2.05, 4.69) is 47.7 Å². The van der Waals surface area contributed by atoms with Gasteiger partial charge in [0.2, 0.25) is 0 Å². The average molecular weight is 309 g/mol. The Morgan fingerprint density at radius 1 is 1.35 bits per heavy atom. The monoisotopic (exact) mass is 309 g/mol. The Morgan fingerprint density at radius 3 is 2.96 bits per heavy atom. The highest BCUT2D eigenvalue weighted by molar-refractivity contribution is 5.74. The molecular weight excluding hydrogens is 286 g/mol. The highest BCUT2D eigenvalue weighted by Gasteiger charge is 2.24. The van der Waals surface area contributed by atoms with Crippen molar-refractivity contribution in [3.8, 4) is 0 Å². The zero-order valence-corrected chi connectivity index (χ0v) is 13.7. The van der Waals surface area contributed by atoms with E-state index < -0.39 is 0 Å². The molecule has 1 aromatic heterocycles. The van der Waals surface area contributed by atoms with Gasteiger partial charge in [-0.1, -0.05) is 38.1 Å². The van der Waals surface area contributed by atoms with Crippen molar-refractivity contribution in [1.29, 1.82) is 0 Å². The van der Waals surface area contributed by atoms with Gasteiger partial charge >= 0.3 is 6.03 Å². The van der Waals surface area contributed by atoms with Gasteiger partial charge in [0.15, 0.2) is 0 Å². The number of hydrogen-bond donors (Lipinski definition) is 2. The van der Waals surface area contributed by atoms with E-state index in [9.17, 15) is 4.79 Å². The van der Waals surface area contributed by atoms with Crippen molar-refractivity contribution < 1.29 is 4.79 Å². The second-order valence-electron chi connectivity index (χ2n) is 6.39. The molecule has 2 amide bonds. The Balaban J connectivity index is 1.61. The van der Waals surface area contributed by atoms with Crippen LogP contribution in [0, 0.1) is 0 Å². The first-order chi connectivity index (χ1) is 11.1. The number of nitrogens with one attached hydrogen (secondary N) is 2. The molecule has 2 N–H and O–H groups in total. The van der Waals surface area contributed by atoms with Gasteiger partial charge < -0.3 is 10.6 Å². The maximum atomic E-state index is 12.2. The van der Waals surface area contributed by atoms with Gasteiger partial charge in [-0.25, -0.2) is 4.79 Å². The largest absolute Gasteiger partial charge is 0.334 e. The molecule has 0 saturated heterocycles. The molecule has 0 bridgehead atoms. The smallest absolute Gasteiger partial charge is 0.315 e. The van der Waals surface area contributed by atoms with Crippen LogP contribution in [0.25, 0.3) is 0 Å². The lowest BCUT2D eigenvalue weighted by molar-refractivity contribution is 0.236. The van der Waals surface area contributed by atoms with E-state index in [-0.39, 0.29) is 12.1 Å². The minimum Gasteiger partial charge on any atom is -0.334 e. The van der Waals surface area contributed by atoms with Gasteiger partial charge in [0.05, 0.1) is 6.04 Å². The van der Waals surface area contributed by atoms with Crippen molar-refractivity contribution in [1.82, 2.24) is 15.6 Å². The molecule has 0 aliphatic heterocycles. The van der Waals surface area contributed by atoms with E-state index in [4.69, 9.17) is 0 Å². The maximum Gasteiger partial charge on any atom is 0.315 e. The van der Waals surface area contributed by atoms with E-state index in [1.54, 1.807) is 12.4 Å². The summed E-state index contributed by atoms with van der Waals surface area (Å²) >= 11 is 0. The number of amides is 2. The Labute approximate surface area is 137 Å². The number of carbonyl (C=O) groups is 1. The molecule has 1 aliphatic carbocycles. The molecule has 1 aromatic carbocycles. The molecule has 1 aliphatic rings. The number of benzene rings is 1. The third-order valence-corrected chi connectivity index (χ3v) is 4.40. The second kappa shape index (κ2) is 6.82. The molecule has 4 nitrogen and oxygen atoms in total. The van der Waals surface area contributed by atoms with Crippen LogP contribution in [0.3, 0.4) is 0 Å². The standard InChI is InChI=1S/C19H23N3O/c1-13(2)16-6-5-15-7-8-18(17(15)10-16)22-19(23)21-12-14-4-3-9-20-11-14/h3-6,9-11,13,18H,7-8,12H2,1-2H3,(H2,21,22,23)/t18-/m0/s1. The number of aryl methyl sites for hydroxylation is 1. The summed E-state index contributed by atoms with van der Waals surface area (Å²) in [5.74, 6) is 0.501. The number of urea groups is 1. The van der Waals surface area contributed by atoms with Crippen LogP contribution in [0.1, 0.15) is 54.5 Å². The predicted molar refractivity (Wildman–Crippen MR) is 91.2 cm³/mol. The van der Waals surface area contributed by atoms with Gasteiger partial charge in [-0.15, -0.1) is 0 Å². The lowest BCUT2D eigenvalue weighted by Crippen LogP contribution is -2.36. The highest BCUT2D eigenvalue weighted by Crippen LogP contribution is 2.33. The Bertz CT molecular complexity index is 682. The SMILES string of the molecule is CC(C)c1ccc2c(c1)[C@@H](NC(=O)NCc1cccnc1)CC2. The third kappa shape index (κ3) is 3.70. The van der Waals surface area contributed by atoms with Gasteiger partial charge in [0.1, 0.15) is 0 Å². The van der Waals surface area contributed by atoms with Gasteiger partial charge in [-0.2, -0.15) is 0 Å². The molecule has 1 atom stereocenters. The van der Waals surface area contributed by atoms with Crippen LogP contribution in [-0.4, -0.2) is 11.0 Å². The lowest BCUT2D eigenvalue weighted by Gasteiger charge is -2.16. The van der Waals surface area contributed by atoms with Crippen LogP contribution in [0.2, 0.25) is 0 Å². The molecule has 0 saturated carbocycles. The van der Waals surface area contributed by atoms with Crippen molar-refractivity contribution in [2.75, 3.05) is 0 Å². The Morgan fingerprint density at radius 2 is 2.22 bits per heavy atom. The molecule has 1 heterocycles. The number of carbonyl (C=O) groups excluding carboxylic acids is 1. The number of fused-ring (bicyclic) bond motifs is 1. The average Bonchev–Trinajstić information content (AvgIpc) is 2.96. The fraction of sp³-hybridized carbons (Fsp3) is 0.368. The summed E-state index contributed by atoms with van der Waals surface area (Å²) in [6, 6.07) is 10.5. The predicted octanol–water partition coefficient (Wildman–Crippen LogP) is 3.69. The zero-order chi connectivity index (χ0) is 16.2. The fourth-order valence-electron chi connectivity index (χ4n) is 3.02. The first kappa shape index (κ1) is 15.5. The van der Waals surface area contributed by atoms with Crippen LogP contribution in [0.5, 0.6) is 0 Å². The lowest BCUT2D eigenvalue weighted by atomic mass is 9.97. The molecule has 2 aromatic rings. The van der Waals surface area contributed by atoms with Crippen molar-refractivity contribution in [3.05, 3.63) is 65.0 Å². The van der Waals surface area contributed by atoms with Gasteiger partial charge in [-0.05, 0) is 47.1 Å². The van der Waals surface area contributed by atoms with Crippen LogP contribution in [0.15, 0.2) is 42.7 Å². The number of nitrogens with zero attached hydrogens (tertiary/aromatic N) is 1. The molecule has 0 unspecified atom stereocenters. The summed E-state index contributed by atoms with van der Waals surface area (Å²) < 4.78 is 0. The summed E-state index contributed by atoms with van der Waals surface area (Å²) in [6.45, 7) is 4.88. The van der Waals surface area contributed by atoms with Gasteiger partial charge in [0.25, 0.3) is 0 Å². The highest BCUT2D eigenvalue weighted by atomic mass is 16.2. The first-order valence-electron chi connectivity index (χ1n) is 8.19. The molecule has 23 heavy (non-hydrogen) atoms. The molecule has 0 fully saturated rings. The first-order valence-corrected chi connectivity index (χ1v) is 8.19. The second-order valence-corrected chi connectivity index (χ2v) is 6.39. The van der Waals surface area contributed by atoms with Crippen molar-refractivity contribution in [2.45, 2.75) is 45.2 Å². The summed E-state index contributed by atoms with van der Waals surface area (Å²) in [4.78, 5) is 16.2. The summed E-state index contributed by atoms with van der Waals surface area (Å²) in [5, 5.41) is 6.00. The molecule has 3 rings (SSSR count). The van der Waals surface area contributed by atoms with E-state index >= 15 is 0 Å². The fourth-order valence-corrected chi connectivity index (χ4v) is 3.02. The topological polar surface area (TPSA) is 54.0 Å². The van der Waals surface area contributed by atoms with Crippen molar-refractivity contribution in [3.63, 3.8) is 0 Å². The van der Waals surface area contributed by atoms with E-state index in [0.717, 1.165) is 18.4 Å². The van der Waals surface area contributed by atoms with E-state index in [0.29, 0.717) is 12.5 Å². The normalized spacial score (nSPS) is 16.2. The quantitative estimate of drug-likeness (QED) is 0.905. The number of pyridine rings is 1. The van der Waals surface area contributed by atoms with Crippen molar-refractivity contribution in [2.24, 2.45) is 0 Å². The van der Waals surface area contributed by atoms with Crippen LogP contribution < -0.4 is 10.6 Å². The van der Waals surface area contributed by atoms with Gasteiger partial charge in [-0.3, -0.25) is 4.98 Å². The summed E-state index contributed by atoms with van der Waals surface area (Å²) in [6.07, 6.45) is 5.49. The number of rotatable bonds is 4. The molecule has 0 spiro atoms. The molecule has 4 heteroatoms. The van der Waals surface area contributed by atoms with Crippen LogP contribution in [0.4, 0.5) is 4.79 Å². The molecule has 120 valence electrons. The van der Waals surface area contributed by atoms with E-state index in [1.165, 1.54) is 16.7 Å². The number of aromatic nitrogens is 1. The van der Waals surface area contributed by atoms with E-state index in [1.807, 2.05) is 12.1 Å². The molecular formula is C19H23N3O. The maximum absolute atomic E-state index is 12.2. The summed E-state index contributed by atoms with van der Waals surface area (Å²) in [7, 11) is 0. The summed E-state index contributed by atoms with van der Waals surface area (Å²) in [5.41, 5.74) is 4.95. The minimum atomic E-state index is -0.123. The van der Waals surface area contributed by atoms with Crippen LogP contribution >= 0.6 is 0 Å². The molecule has 0 radical (unpaired) electrons. The zero-order valence-electron chi connectivity index (χ0n) is 13.7. The van der Waals surface area contributed by atoms with Gasteiger partial charge in [0, 0.05) is 18.9 Å². The minimum absolute atomic E-state index is 0.109. The number of hydrogen-bond acceptors (Lipinski definition) is 2. The van der Waals surface area contributed by atoms with Crippen LogP contribution in [-0.2, 0) is 13.0 Å². The Hall–Kier alpha value is -2.36. The third-order valence-electron chi connectivity index (χ3n) is 4.40.